The van der Waals surface area contributed by atoms with Crippen LogP contribution in [-0.2, 0) is 27.2 Å². The van der Waals surface area contributed by atoms with Gasteiger partial charge in [-0.3, -0.25) is 14.4 Å². The summed E-state index contributed by atoms with van der Waals surface area (Å²) in [7, 11) is 0. The number of anilines is 3. The van der Waals surface area contributed by atoms with Gasteiger partial charge >= 0.3 is 0 Å². The topological polar surface area (TPSA) is 104 Å². The zero-order valence-electron chi connectivity index (χ0n) is 17.6. The van der Waals surface area contributed by atoms with Crippen molar-refractivity contribution in [1.82, 2.24) is 10.2 Å². The van der Waals surface area contributed by atoms with Crippen LogP contribution in [0.15, 0.2) is 54.6 Å². The molecule has 2 aromatic carbocycles. The highest BCUT2D eigenvalue weighted by atomic mass is 32.1. The number of nitrogens with one attached hydrogen (secondary N) is 2. The summed E-state index contributed by atoms with van der Waals surface area (Å²) < 4.78 is 0. The van der Waals surface area contributed by atoms with Gasteiger partial charge in [-0.1, -0.05) is 41.7 Å². The molecule has 0 saturated carbocycles. The molecule has 1 saturated heterocycles. The fraction of sp³-hybridized carbons (Fsp3) is 0.261. The minimum Gasteiger partial charge on any atom is -0.326 e. The van der Waals surface area contributed by atoms with Gasteiger partial charge in [0.2, 0.25) is 22.9 Å². The third kappa shape index (κ3) is 5.36. The molecule has 1 unspecified atom stereocenters. The van der Waals surface area contributed by atoms with Crippen LogP contribution in [0.4, 0.5) is 16.5 Å². The van der Waals surface area contributed by atoms with E-state index in [-0.39, 0.29) is 24.1 Å². The van der Waals surface area contributed by atoms with Crippen molar-refractivity contribution in [3.8, 4) is 0 Å². The lowest BCUT2D eigenvalue weighted by Crippen LogP contribution is -2.28. The average molecular weight is 450 g/mol. The van der Waals surface area contributed by atoms with Gasteiger partial charge in [0.25, 0.3) is 0 Å². The highest BCUT2D eigenvalue weighted by Gasteiger charge is 2.35. The Morgan fingerprint density at radius 3 is 2.50 bits per heavy atom. The Labute approximate surface area is 189 Å². The van der Waals surface area contributed by atoms with Crippen LogP contribution in [0.1, 0.15) is 23.9 Å². The minimum absolute atomic E-state index is 0.113. The number of aryl methyl sites for hydroxylation is 2. The molecular formula is C23H23N5O3S. The molecule has 0 spiro atoms. The molecule has 1 aliphatic heterocycles. The Hall–Kier alpha value is -3.59. The van der Waals surface area contributed by atoms with E-state index in [1.807, 2.05) is 18.2 Å². The summed E-state index contributed by atoms with van der Waals surface area (Å²) in [6.45, 7) is 1.73. The molecule has 0 radical (unpaired) electrons. The second-order valence-corrected chi connectivity index (χ2v) is 8.67. The minimum atomic E-state index is -0.464. The Balaban J connectivity index is 1.32. The number of carbonyl (C=O) groups excluding carboxylic acids is 3. The summed E-state index contributed by atoms with van der Waals surface area (Å²) >= 11 is 1.36. The first kappa shape index (κ1) is 21.6. The van der Waals surface area contributed by atoms with Gasteiger partial charge < -0.3 is 15.5 Å². The fourth-order valence-electron chi connectivity index (χ4n) is 3.57. The van der Waals surface area contributed by atoms with E-state index < -0.39 is 5.92 Å². The second-order valence-electron chi connectivity index (χ2n) is 7.61. The summed E-state index contributed by atoms with van der Waals surface area (Å²) in [5.74, 6) is -0.972. The maximum atomic E-state index is 12.7. The number of nitrogens with zero attached hydrogens (tertiary/aromatic N) is 3. The standard InChI is InChI=1S/C23H23N5O3S/c1-15(29)24-18-8-10-19(11-9-18)28-14-17(13-21(28)30)22(31)25-23-27-26-20(32-23)12-7-16-5-3-2-4-6-16/h2-6,8-11,17H,7,12-14H2,1H3,(H,24,29)(H,25,27,31). The molecule has 9 heteroatoms. The van der Waals surface area contributed by atoms with Crippen LogP contribution in [0.5, 0.6) is 0 Å². The Morgan fingerprint density at radius 2 is 1.78 bits per heavy atom. The number of aromatic nitrogens is 2. The van der Waals surface area contributed by atoms with Crippen LogP contribution in [0, 0.1) is 5.92 Å². The molecule has 1 fully saturated rings. The van der Waals surface area contributed by atoms with E-state index in [1.54, 1.807) is 29.2 Å². The number of carbonyl (C=O) groups is 3. The molecule has 4 rings (SSSR count). The number of benzene rings is 2. The summed E-state index contributed by atoms with van der Waals surface area (Å²) in [6, 6.07) is 17.1. The lowest BCUT2D eigenvalue weighted by atomic mass is 10.1. The number of amides is 3. The van der Waals surface area contributed by atoms with Gasteiger partial charge in [0.15, 0.2) is 0 Å². The summed E-state index contributed by atoms with van der Waals surface area (Å²) in [5.41, 5.74) is 2.57. The number of hydrogen-bond donors (Lipinski definition) is 2. The summed E-state index contributed by atoms with van der Waals surface area (Å²) in [5, 5.41) is 15.0. The van der Waals surface area contributed by atoms with Gasteiger partial charge in [0, 0.05) is 37.7 Å². The largest absolute Gasteiger partial charge is 0.326 e. The maximum Gasteiger partial charge on any atom is 0.231 e. The van der Waals surface area contributed by atoms with Gasteiger partial charge in [-0.05, 0) is 36.2 Å². The van der Waals surface area contributed by atoms with Crippen molar-refractivity contribution < 1.29 is 14.4 Å². The molecule has 3 aromatic rings. The first-order valence-corrected chi connectivity index (χ1v) is 11.1. The van der Waals surface area contributed by atoms with E-state index in [9.17, 15) is 14.4 Å². The predicted molar refractivity (Wildman–Crippen MR) is 124 cm³/mol. The molecule has 32 heavy (non-hydrogen) atoms. The quantitative estimate of drug-likeness (QED) is 0.576. The Morgan fingerprint density at radius 1 is 1.03 bits per heavy atom. The van der Waals surface area contributed by atoms with Crippen molar-refractivity contribution in [1.29, 1.82) is 0 Å². The van der Waals surface area contributed by atoms with Crippen molar-refractivity contribution in [3.63, 3.8) is 0 Å². The van der Waals surface area contributed by atoms with E-state index in [4.69, 9.17) is 0 Å². The van der Waals surface area contributed by atoms with Crippen LogP contribution < -0.4 is 15.5 Å². The molecule has 8 nitrogen and oxygen atoms in total. The van der Waals surface area contributed by atoms with E-state index in [0.29, 0.717) is 23.1 Å². The molecule has 2 heterocycles. The Bertz CT molecular complexity index is 1110. The van der Waals surface area contributed by atoms with Crippen LogP contribution in [0.3, 0.4) is 0 Å². The molecular weight excluding hydrogens is 426 g/mol. The van der Waals surface area contributed by atoms with Crippen LogP contribution >= 0.6 is 11.3 Å². The van der Waals surface area contributed by atoms with E-state index in [0.717, 1.165) is 17.8 Å². The third-order valence-electron chi connectivity index (χ3n) is 5.16. The van der Waals surface area contributed by atoms with Crippen LogP contribution in [-0.4, -0.2) is 34.5 Å². The molecule has 1 atom stereocenters. The lowest BCUT2D eigenvalue weighted by Gasteiger charge is -2.17. The fourth-order valence-corrected chi connectivity index (χ4v) is 4.31. The van der Waals surface area contributed by atoms with E-state index >= 15 is 0 Å². The van der Waals surface area contributed by atoms with Gasteiger partial charge in [-0.25, -0.2) is 0 Å². The van der Waals surface area contributed by atoms with Crippen molar-refractivity contribution in [2.75, 3.05) is 22.1 Å². The van der Waals surface area contributed by atoms with Crippen LogP contribution in [0.25, 0.3) is 0 Å². The van der Waals surface area contributed by atoms with Gasteiger partial charge in [0.1, 0.15) is 5.01 Å². The smallest absolute Gasteiger partial charge is 0.231 e. The molecule has 1 aromatic heterocycles. The second kappa shape index (κ2) is 9.69. The Kier molecular flexibility index (Phi) is 6.55. The molecule has 0 bridgehead atoms. The zero-order valence-corrected chi connectivity index (χ0v) is 18.4. The number of hydrogen-bond acceptors (Lipinski definition) is 6. The average Bonchev–Trinajstić information content (AvgIpc) is 3.39. The summed E-state index contributed by atoms with van der Waals surface area (Å²) in [4.78, 5) is 37.9. The highest BCUT2D eigenvalue weighted by Crippen LogP contribution is 2.27. The van der Waals surface area contributed by atoms with Gasteiger partial charge in [-0.15, -0.1) is 10.2 Å². The van der Waals surface area contributed by atoms with E-state index in [2.05, 4.69) is 33.0 Å². The number of rotatable bonds is 7. The van der Waals surface area contributed by atoms with Crippen molar-refractivity contribution in [2.24, 2.45) is 5.92 Å². The van der Waals surface area contributed by atoms with Gasteiger partial charge in [-0.2, -0.15) is 0 Å². The first-order chi connectivity index (χ1) is 15.5. The highest BCUT2D eigenvalue weighted by molar-refractivity contribution is 7.15. The van der Waals surface area contributed by atoms with Crippen molar-refractivity contribution >= 4 is 45.6 Å². The monoisotopic (exact) mass is 449 g/mol. The molecule has 1 aliphatic rings. The van der Waals surface area contributed by atoms with Gasteiger partial charge in [0.05, 0.1) is 5.92 Å². The van der Waals surface area contributed by atoms with E-state index in [1.165, 1.54) is 23.8 Å². The van der Waals surface area contributed by atoms with Crippen molar-refractivity contribution in [2.45, 2.75) is 26.2 Å². The SMILES string of the molecule is CC(=O)Nc1ccc(N2CC(C(=O)Nc3nnc(CCc4ccccc4)s3)CC2=O)cc1. The lowest BCUT2D eigenvalue weighted by molar-refractivity contribution is -0.122. The molecule has 3 amide bonds. The molecule has 164 valence electrons. The normalized spacial score (nSPS) is 15.6. The van der Waals surface area contributed by atoms with Crippen LogP contribution in [0.2, 0.25) is 0 Å². The summed E-state index contributed by atoms with van der Waals surface area (Å²) in [6.07, 6.45) is 1.75. The molecule has 2 N–H and O–H groups in total. The predicted octanol–water partition coefficient (Wildman–Crippen LogP) is 3.27. The van der Waals surface area contributed by atoms with Crippen molar-refractivity contribution in [3.05, 3.63) is 65.2 Å². The first-order valence-electron chi connectivity index (χ1n) is 10.3. The molecule has 0 aliphatic carbocycles. The third-order valence-corrected chi connectivity index (χ3v) is 6.06. The zero-order chi connectivity index (χ0) is 22.5. The maximum absolute atomic E-state index is 12.7.